The molecule has 112 valence electrons. The van der Waals surface area contributed by atoms with E-state index in [0.29, 0.717) is 11.3 Å². The molecule has 3 aromatic carbocycles. The number of carbonyl (C=O) groups is 1. The van der Waals surface area contributed by atoms with Gasteiger partial charge < -0.3 is 4.74 Å². The van der Waals surface area contributed by atoms with Crippen LogP contribution in [0.2, 0.25) is 0 Å². The third-order valence-corrected chi connectivity index (χ3v) is 4.32. The average molecular weight is 300 g/mol. The number of hydrogen-bond acceptors (Lipinski definition) is 2. The summed E-state index contributed by atoms with van der Waals surface area (Å²) in [5.74, 6) is 0.632. The van der Waals surface area contributed by atoms with Crippen LogP contribution in [0.15, 0.2) is 78.9 Å². The Morgan fingerprint density at radius 3 is 2.22 bits per heavy atom. The van der Waals surface area contributed by atoms with Crippen molar-refractivity contribution in [1.82, 2.24) is 0 Å². The molecule has 1 atom stereocenters. The number of benzene rings is 3. The highest BCUT2D eigenvalue weighted by molar-refractivity contribution is 6.10. The molecule has 0 saturated carbocycles. The van der Waals surface area contributed by atoms with Gasteiger partial charge >= 0.3 is 0 Å². The number of para-hydroxylation sites is 1. The zero-order valence-electron chi connectivity index (χ0n) is 12.8. The Kier molecular flexibility index (Phi) is 3.05. The molecule has 0 aliphatic carbocycles. The second-order valence-electron chi connectivity index (χ2n) is 5.84. The van der Waals surface area contributed by atoms with Gasteiger partial charge in [0, 0.05) is 11.1 Å². The van der Waals surface area contributed by atoms with Crippen molar-refractivity contribution < 1.29 is 9.53 Å². The van der Waals surface area contributed by atoms with Gasteiger partial charge in [-0.2, -0.15) is 0 Å². The van der Waals surface area contributed by atoms with Crippen LogP contribution >= 0.6 is 0 Å². The SMILES string of the molecule is Cc1cccc([C@]2(c3ccccc3)Oc3ccccc3C2=O)c1. The first-order valence-corrected chi connectivity index (χ1v) is 7.67. The summed E-state index contributed by atoms with van der Waals surface area (Å²) in [6.07, 6.45) is 0. The Morgan fingerprint density at radius 2 is 1.48 bits per heavy atom. The van der Waals surface area contributed by atoms with Crippen molar-refractivity contribution in [2.24, 2.45) is 0 Å². The Morgan fingerprint density at radius 1 is 0.783 bits per heavy atom. The lowest BCUT2D eigenvalue weighted by molar-refractivity contribution is 0.0686. The molecular weight excluding hydrogens is 284 g/mol. The fraction of sp³-hybridized carbons (Fsp3) is 0.0952. The first-order valence-electron chi connectivity index (χ1n) is 7.67. The van der Waals surface area contributed by atoms with Crippen molar-refractivity contribution in [3.63, 3.8) is 0 Å². The Bertz CT molecular complexity index is 883. The van der Waals surface area contributed by atoms with Gasteiger partial charge in [0.25, 0.3) is 0 Å². The van der Waals surface area contributed by atoms with Crippen molar-refractivity contribution in [3.8, 4) is 5.75 Å². The summed E-state index contributed by atoms with van der Waals surface area (Å²) in [6.45, 7) is 2.02. The van der Waals surface area contributed by atoms with E-state index < -0.39 is 5.60 Å². The normalized spacial score (nSPS) is 19.3. The van der Waals surface area contributed by atoms with Gasteiger partial charge in [0.2, 0.25) is 11.4 Å². The minimum absolute atomic E-state index is 0.00935. The molecule has 1 aliphatic heterocycles. The minimum Gasteiger partial charge on any atom is -0.469 e. The van der Waals surface area contributed by atoms with Crippen molar-refractivity contribution in [2.45, 2.75) is 12.5 Å². The highest BCUT2D eigenvalue weighted by Gasteiger charge is 2.50. The zero-order valence-corrected chi connectivity index (χ0v) is 12.8. The molecule has 23 heavy (non-hydrogen) atoms. The molecule has 1 heterocycles. The fourth-order valence-electron chi connectivity index (χ4n) is 3.23. The Balaban J connectivity index is 2.00. The van der Waals surface area contributed by atoms with Crippen LogP contribution in [0, 0.1) is 6.92 Å². The summed E-state index contributed by atoms with van der Waals surface area (Å²) in [5, 5.41) is 0. The summed E-state index contributed by atoms with van der Waals surface area (Å²) in [5.41, 5.74) is 2.36. The zero-order chi connectivity index (χ0) is 15.9. The maximum Gasteiger partial charge on any atom is 0.221 e. The van der Waals surface area contributed by atoms with Crippen LogP contribution in [-0.2, 0) is 5.60 Å². The lowest BCUT2D eigenvalue weighted by Crippen LogP contribution is -2.38. The summed E-state index contributed by atoms with van der Waals surface area (Å²) in [4.78, 5) is 13.3. The largest absolute Gasteiger partial charge is 0.469 e. The van der Waals surface area contributed by atoms with Crippen LogP contribution in [0.3, 0.4) is 0 Å². The molecular formula is C21H16O2. The molecule has 0 N–H and O–H groups in total. The number of rotatable bonds is 2. The van der Waals surface area contributed by atoms with Gasteiger partial charge in [-0.25, -0.2) is 0 Å². The molecule has 0 saturated heterocycles. The van der Waals surface area contributed by atoms with E-state index in [1.807, 2.05) is 85.8 Å². The van der Waals surface area contributed by atoms with E-state index in [1.54, 1.807) is 0 Å². The molecule has 0 spiro atoms. The fourth-order valence-corrected chi connectivity index (χ4v) is 3.23. The van der Waals surface area contributed by atoms with Gasteiger partial charge in [-0.3, -0.25) is 4.79 Å². The molecule has 3 aromatic rings. The molecule has 0 radical (unpaired) electrons. The van der Waals surface area contributed by atoms with Crippen LogP contribution in [-0.4, -0.2) is 5.78 Å². The van der Waals surface area contributed by atoms with Gasteiger partial charge in [-0.1, -0.05) is 72.3 Å². The van der Waals surface area contributed by atoms with Gasteiger partial charge in [-0.05, 0) is 19.1 Å². The van der Waals surface area contributed by atoms with Crippen molar-refractivity contribution in [2.75, 3.05) is 0 Å². The van der Waals surface area contributed by atoms with Crippen LogP contribution < -0.4 is 4.74 Å². The minimum atomic E-state index is -1.10. The summed E-state index contributed by atoms with van der Waals surface area (Å²) >= 11 is 0. The molecule has 1 aliphatic rings. The molecule has 0 amide bonds. The standard InChI is InChI=1S/C21H16O2/c1-15-8-7-11-17(14-15)21(16-9-3-2-4-10-16)20(22)18-12-5-6-13-19(18)23-21/h2-14H,1H3/t21-/m0/s1. The molecule has 0 aromatic heterocycles. The number of aryl methyl sites for hydroxylation is 1. The first-order chi connectivity index (χ1) is 11.2. The molecule has 0 unspecified atom stereocenters. The molecule has 0 fully saturated rings. The van der Waals surface area contributed by atoms with E-state index in [9.17, 15) is 4.79 Å². The van der Waals surface area contributed by atoms with E-state index in [2.05, 4.69) is 0 Å². The lowest BCUT2D eigenvalue weighted by atomic mass is 9.81. The Labute approximate surface area is 135 Å². The molecule has 0 bridgehead atoms. The average Bonchev–Trinajstić information content (AvgIpc) is 2.90. The predicted molar refractivity (Wildman–Crippen MR) is 89.8 cm³/mol. The van der Waals surface area contributed by atoms with Crippen LogP contribution in [0.5, 0.6) is 5.75 Å². The highest BCUT2D eigenvalue weighted by Crippen LogP contribution is 2.45. The monoisotopic (exact) mass is 300 g/mol. The van der Waals surface area contributed by atoms with Crippen molar-refractivity contribution in [3.05, 3.63) is 101 Å². The summed E-state index contributed by atoms with van der Waals surface area (Å²) < 4.78 is 6.28. The predicted octanol–water partition coefficient (Wildman–Crippen LogP) is 4.51. The van der Waals surface area contributed by atoms with Crippen LogP contribution in [0.25, 0.3) is 0 Å². The second kappa shape index (κ2) is 5.10. The number of fused-ring (bicyclic) bond motifs is 1. The maximum absolute atomic E-state index is 13.3. The Hall–Kier alpha value is -2.87. The number of ether oxygens (including phenoxy) is 1. The smallest absolute Gasteiger partial charge is 0.221 e. The van der Waals surface area contributed by atoms with E-state index in [1.165, 1.54) is 0 Å². The van der Waals surface area contributed by atoms with E-state index in [-0.39, 0.29) is 5.78 Å². The quantitative estimate of drug-likeness (QED) is 0.696. The number of hydrogen-bond donors (Lipinski definition) is 0. The van der Waals surface area contributed by atoms with Crippen molar-refractivity contribution in [1.29, 1.82) is 0 Å². The molecule has 2 nitrogen and oxygen atoms in total. The van der Waals surface area contributed by atoms with Gasteiger partial charge in [0.05, 0.1) is 5.56 Å². The third-order valence-electron chi connectivity index (χ3n) is 4.32. The number of ketones is 1. The van der Waals surface area contributed by atoms with E-state index in [4.69, 9.17) is 4.74 Å². The second-order valence-corrected chi connectivity index (χ2v) is 5.84. The number of Topliss-reactive ketones (excluding diaryl/α,β-unsaturated/α-hetero) is 1. The topological polar surface area (TPSA) is 26.3 Å². The van der Waals surface area contributed by atoms with Gasteiger partial charge in [0.1, 0.15) is 5.75 Å². The summed E-state index contributed by atoms with van der Waals surface area (Å²) in [6, 6.07) is 25.1. The molecule has 2 heteroatoms. The van der Waals surface area contributed by atoms with E-state index >= 15 is 0 Å². The highest BCUT2D eigenvalue weighted by atomic mass is 16.5. The maximum atomic E-state index is 13.3. The summed E-state index contributed by atoms with van der Waals surface area (Å²) in [7, 11) is 0. The van der Waals surface area contributed by atoms with Gasteiger partial charge in [0.15, 0.2) is 0 Å². The molecule has 4 rings (SSSR count). The first kappa shape index (κ1) is 13.8. The third kappa shape index (κ3) is 1.99. The number of carbonyl (C=O) groups excluding carboxylic acids is 1. The van der Waals surface area contributed by atoms with Gasteiger partial charge in [-0.15, -0.1) is 0 Å². The van der Waals surface area contributed by atoms with E-state index in [0.717, 1.165) is 16.7 Å². The lowest BCUT2D eigenvalue weighted by Gasteiger charge is -2.28. The van der Waals surface area contributed by atoms with Crippen LogP contribution in [0.4, 0.5) is 0 Å². The van der Waals surface area contributed by atoms with Crippen molar-refractivity contribution >= 4 is 5.78 Å². The van der Waals surface area contributed by atoms with Crippen LogP contribution in [0.1, 0.15) is 27.0 Å².